The van der Waals surface area contributed by atoms with Crippen LogP contribution in [0.15, 0.2) is 34.7 Å². The maximum Gasteiger partial charge on any atom is 0.128 e. The molecular weight excluding hydrogens is 282 g/mol. The second-order valence-corrected chi connectivity index (χ2v) is 5.31. The van der Waals surface area contributed by atoms with E-state index in [-0.39, 0.29) is 0 Å². The topological polar surface area (TPSA) is 84.6 Å². The monoisotopic (exact) mass is 305 g/mol. The van der Waals surface area contributed by atoms with E-state index < -0.39 is 0 Å². The molecule has 1 aromatic heterocycles. The fourth-order valence-electron chi connectivity index (χ4n) is 2.55. The Morgan fingerprint density at radius 3 is 2.68 bits per heavy atom. The van der Waals surface area contributed by atoms with Gasteiger partial charge in [-0.05, 0) is 31.4 Å². The summed E-state index contributed by atoms with van der Waals surface area (Å²) in [5.41, 5.74) is 0.776. The molecule has 0 radical (unpaired) electrons. The summed E-state index contributed by atoms with van der Waals surface area (Å²) in [7, 11) is 0. The first kappa shape index (κ1) is 16.2. The quantitative estimate of drug-likeness (QED) is 0.346. The van der Waals surface area contributed by atoms with E-state index in [2.05, 4.69) is 25.1 Å². The van der Waals surface area contributed by atoms with Crippen molar-refractivity contribution in [1.82, 2.24) is 9.88 Å². The van der Waals surface area contributed by atoms with E-state index >= 15 is 0 Å². The number of hydrogen-bond donors (Lipinski definition) is 2. The normalized spacial score (nSPS) is 17.3. The van der Waals surface area contributed by atoms with Crippen LogP contribution in [-0.2, 0) is 0 Å². The summed E-state index contributed by atoms with van der Waals surface area (Å²) in [6, 6.07) is 5.95. The molecule has 1 aliphatic rings. The molecule has 0 atom stereocenters. The first-order chi connectivity index (χ1) is 10.8. The zero-order chi connectivity index (χ0) is 15.6. The highest BCUT2D eigenvalue weighted by molar-refractivity contribution is 5.86. The molecule has 1 saturated heterocycles. The van der Waals surface area contributed by atoms with Gasteiger partial charge in [-0.15, -0.1) is 5.16 Å². The Balaban J connectivity index is 1.74. The highest BCUT2D eigenvalue weighted by Gasteiger charge is 2.19. The second kappa shape index (κ2) is 8.99. The van der Waals surface area contributed by atoms with Crippen molar-refractivity contribution in [3.8, 4) is 0 Å². The lowest BCUT2D eigenvalue weighted by molar-refractivity contribution is 0.277. The molecule has 120 valence electrons. The van der Waals surface area contributed by atoms with E-state index in [0.717, 1.165) is 44.1 Å². The lowest BCUT2D eigenvalue weighted by Gasteiger charge is -2.35. The number of piperazine rings is 1. The van der Waals surface area contributed by atoms with Crippen molar-refractivity contribution in [2.75, 3.05) is 37.6 Å². The Labute approximate surface area is 130 Å². The molecular formula is C15H23N5O2. The second-order valence-electron chi connectivity index (χ2n) is 5.31. The molecule has 7 nitrogen and oxygen atoms in total. The van der Waals surface area contributed by atoms with Gasteiger partial charge in [-0.25, -0.2) is 4.98 Å². The zero-order valence-electron chi connectivity index (χ0n) is 12.7. The standard InChI is InChI=1S/C15H23N5O2/c21-17-8-4-1-5-14(18-22)13-19-9-11-20(12-10-19)15-6-2-3-7-16-15/h2-3,6-8,21-22H,1,4-5,9-13H2/b17-8-,18-14+. The van der Waals surface area contributed by atoms with E-state index in [0.29, 0.717) is 19.4 Å². The third kappa shape index (κ3) is 5.00. The van der Waals surface area contributed by atoms with Crippen molar-refractivity contribution >= 4 is 17.7 Å². The fourth-order valence-corrected chi connectivity index (χ4v) is 2.55. The maximum atomic E-state index is 9.10. The van der Waals surface area contributed by atoms with Crippen LogP contribution in [0.1, 0.15) is 19.3 Å². The lowest BCUT2D eigenvalue weighted by Crippen LogP contribution is -2.48. The van der Waals surface area contributed by atoms with Crippen LogP contribution in [0.4, 0.5) is 5.82 Å². The minimum Gasteiger partial charge on any atom is -0.411 e. The molecule has 2 N–H and O–H groups in total. The van der Waals surface area contributed by atoms with Crippen LogP contribution in [0.3, 0.4) is 0 Å². The molecule has 0 aliphatic carbocycles. The molecule has 0 spiro atoms. The molecule has 7 heteroatoms. The zero-order valence-corrected chi connectivity index (χ0v) is 12.7. The van der Waals surface area contributed by atoms with E-state index in [4.69, 9.17) is 10.4 Å². The van der Waals surface area contributed by atoms with Crippen molar-refractivity contribution in [3.05, 3.63) is 24.4 Å². The van der Waals surface area contributed by atoms with Gasteiger partial charge in [-0.2, -0.15) is 0 Å². The molecule has 1 aromatic rings. The van der Waals surface area contributed by atoms with Crippen LogP contribution in [0.25, 0.3) is 0 Å². The van der Waals surface area contributed by atoms with Crippen LogP contribution in [0.2, 0.25) is 0 Å². The highest BCUT2D eigenvalue weighted by atomic mass is 16.4. The van der Waals surface area contributed by atoms with Gasteiger partial charge in [-0.1, -0.05) is 11.2 Å². The van der Waals surface area contributed by atoms with Gasteiger partial charge in [-0.3, -0.25) is 4.90 Å². The predicted molar refractivity (Wildman–Crippen MR) is 86.2 cm³/mol. The average Bonchev–Trinajstić information content (AvgIpc) is 2.59. The molecule has 22 heavy (non-hydrogen) atoms. The van der Waals surface area contributed by atoms with Gasteiger partial charge < -0.3 is 15.3 Å². The molecule has 0 bridgehead atoms. The fraction of sp³-hybridized carbons (Fsp3) is 0.533. The van der Waals surface area contributed by atoms with E-state index in [1.165, 1.54) is 6.21 Å². The van der Waals surface area contributed by atoms with Crippen LogP contribution >= 0.6 is 0 Å². The summed E-state index contributed by atoms with van der Waals surface area (Å²) in [6.45, 7) is 4.38. The summed E-state index contributed by atoms with van der Waals surface area (Å²) in [4.78, 5) is 8.93. The van der Waals surface area contributed by atoms with Crippen molar-refractivity contribution in [2.45, 2.75) is 19.3 Å². The molecule has 0 amide bonds. The first-order valence-electron chi connectivity index (χ1n) is 7.57. The third-order valence-electron chi connectivity index (χ3n) is 3.77. The van der Waals surface area contributed by atoms with E-state index in [1.807, 2.05) is 24.4 Å². The summed E-state index contributed by atoms with van der Waals surface area (Å²) >= 11 is 0. The molecule has 1 aliphatic heterocycles. The number of anilines is 1. The first-order valence-corrected chi connectivity index (χ1v) is 7.57. The molecule has 2 heterocycles. The lowest BCUT2D eigenvalue weighted by atomic mass is 10.1. The number of nitrogens with zero attached hydrogens (tertiary/aromatic N) is 5. The number of rotatable bonds is 7. The summed E-state index contributed by atoms with van der Waals surface area (Å²) in [6.07, 6.45) is 5.48. The number of aromatic nitrogens is 1. The largest absolute Gasteiger partial charge is 0.411 e. The van der Waals surface area contributed by atoms with E-state index in [1.54, 1.807) is 0 Å². The van der Waals surface area contributed by atoms with Gasteiger partial charge >= 0.3 is 0 Å². The van der Waals surface area contributed by atoms with Gasteiger partial charge in [0.2, 0.25) is 0 Å². The van der Waals surface area contributed by atoms with Crippen LogP contribution in [0.5, 0.6) is 0 Å². The van der Waals surface area contributed by atoms with Gasteiger partial charge in [0.1, 0.15) is 5.82 Å². The minimum atomic E-state index is 0.683. The van der Waals surface area contributed by atoms with E-state index in [9.17, 15) is 0 Å². The molecule has 2 rings (SSSR count). The van der Waals surface area contributed by atoms with Crippen molar-refractivity contribution in [2.24, 2.45) is 10.3 Å². The molecule has 0 aromatic carbocycles. The Bertz CT molecular complexity index is 484. The van der Waals surface area contributed by atoms with Gasteiger partial charge in [0, 0.05) is 45.1 Å². The van der Waals surface area contributed by atoms with Crippen molar-refractivity contribution < 1.29 is 10.4 Å². The Hall–Kier alpha value is -2.15. The number of pyridine rings is 1. The molecule has 0 unspecified atom stereocenters. The van der Waals surface area contributed by atoms with Crippen LogP contribution in [-0.4, -0.2) is 64.9 Å². The van der Waals surface area contributed by atoms with Crippen molar-refractivity contribution in [3.63, 3.8) is 0 Å². The highest BCUT2D eigenvalue weighted by Crippen LogP contribution is 2.12. The number of unbranched alkanes of at least 4 members (excludes halogenated alkanes) is 1. The Kier molecular flexibility index (Phi) is 6.63. The molecule has 0 saturated carbocycles. The molecule has 1 fully saturated rings. The average molecular weight is 305 g/mol. The summed E-state index contributed by atoms with van der Waals surface area (Å²) in [5.74, 6) is 1.02. The van der Waals surface area contributed by atoms with Crippen LogP contribution in [0, 0.1) is 0 Å². The Morgan fingerprint density at radius 1 is 1.23 bits per heavy atom. The Morgan fingerprint density at radius 2 is 2.05 bits per heavy atom. The predicted octanol–water partition coefficient (Wildman–Crippen LogP) is 1.66. The number of oxime groups is 2. The van der Waals surface area contributed by atoms with Crippen LogP contribution < -0.4 is 4.90 Å². The summed E-state index contributed by atoms with van der Waals surface area (Å²) in [5, 5.41) is 23.8. The SMILES string of the molecule is O/N=C\CCC/C(CN1CCN(c2ccccn2)CC1)=N\O. The number of hydrogen-bond acceptors (Lipinski definition) is 7. The smallest absolute Gasteiger partial charge is 0.128 e. The summed E-state index contributed by atoms with van der Waals surface area (Å²) < 4.78 is 0. The van der Waals surface area contributed by atoms with Gasteiger partial charge in [0.25, 0.3) is 0 Å². The third-order valence-corrected chi connectivity index (χ3v) is 3.77. The van der Waals surface area contributed by atoms with Gasteiger partial charge in [0.15, 0.2) is 0 Å². The minimum absolute atomic E-state index is 0.683. The van der Waals surface area contributed by atoms with Gasteiger partial charge in [0.05, 0.1) is 5.71 Å². The maximum absolute atomic E-state index is 9.10. The van der Waals surface area contributed by atoms with Crippen molar-refractivity contribution in [1.29, 1.82) is 0 Å².